The van der Waals surface area contributed by atoms with Crippen LogP contribution >= 0.6 is 0 Å². The molecule has 6 nitrogen and oxygen atoms in total. The third-order valence-electron chi connectivity index (χ3n) is 3.06. The Morgan fingerprint density at radius 2 is 1.89 bits per heavy atom. The van der Waals surface area contributed by atoms with Gasteiger partial charge in [-0.25, -0.2) is 8.42 Å². The highest BCUT2D eigenvalue weighted by Crippen LogP contribution is 2.23. The fourth-order valence-corrected chi connectivity index (χ4v) is 2.86. The van der Waals surface area contributed by atoms with Crippen molar-refractivity contribution in [3.63, 3.8) is 0 Å². The zero-order valence-electron chi connectivity index (χ0n) is 11.0. The SMILES string of the molecule is Cc1cn[nH]c1NS(=O)(=O)c1cc(C)c(C)c(N)c1. The van der Waals surface area contributed by atoms with E-state index in [0.29, 0.717) is 11.5 Å². The molecule has 0 saturated heterocycles. The molecule has 2 aromatic rings. The monoisotopic (exact) mass is 280 g/mol. The molecule has 0 unspecified atom stereocenters. The Kier molecular flexibility index (Phi) is 3.23. The van der Waals surface area contributed by atoms with Gasteiger partial charge in [0.1, 0.15) is 5.82 Å². The number of nitrogens with one attached hydrogen (secondary N) is 2. The van der Waals surface area contributed by atoms with Crippen LogP contribution in [0.15, 0.2) is 23.2 Å². The Morgan fingerprint density at radius 1 is 1.21 bits per heavy atom. The van der Waals surface area contributed by atoms with Crippen molar-refractivity contribution in [2.75, 3.05) is 10.5 Å². The second-order valence-corrected chi connectivity index (χ2v) is 6.17. The summed E-state index contributed by atoms with van der Waals surface area (Å²) >= 11 is 0. The molecule has 1 aromatic heterocycles. The summed E-state index contributed by atoms with van der Waals surface area (Å²) < 4.78 is 27.0. The maximum absolute atomic E-state index is 12.3. The largest absolute Gasteiger partial charge is 0.398 e. The fraction of sp³-hybridized carbons (Fsp3) is 0.250. The van der Waals surface area contributed by atoms with E-state index in [1.165, 1.54) is 6.07 Å². The molecular weight excluding hydrogens is 264 g/mol. The third-order valence-corrected chi connectivity index (χ3v) is 4.39. The summed E-state index contributed by atoms with van der Waals surface area (Å²) in [5, 5.41) is 6.37. The minimum Gasteiger partial charge on any atom is -0.398 e. The Hall–Kier alpha value is -2.02. The number of anilines is 2. The lowest BCUT2D eigenvalue weighted by atomic mass is 10.1. The van der Waals surface area contributed by atoms with Crippen molar-refractivity contribution in [1.82, 2.24) is 10.2 Å². The number of aromatic nitrogens is 2. The third kappa shape index (κ3) is 2.55. The van der Waals surface area contributed by atoms with Crippen molar-refractivity contribution in [1.29, 1.82) is 0 Å². The lowest BCUT2D eigenvalue weighted by Gasteiger charge is -2.11. The number of nitrogens with two attached hydrogens (primary N) is 1. The average molecular weight is 280 g/mol. The number of aromatic amines is 1. The molecule has 102 valence electrons. The van der Waals surface area contributed by atoms with Crippen LogP contribution in [0.25, 0.3) is 0 Å². The zero-order valence-corrected chi connectivity index (χ0v) is 11.8. The van der Waals surface area contributed by atoms with E-state index in [9.17, 15) is 8.42 Å². The first-order chi connectivity index (χ1) is 8.81. The van der Waals surface area contributed by atoms with Crippen LogP contribution < -0.4 is 10.5 Å². The molecular formula is C12H16N4O2S. The van der Waals surface area contributed by atoms with Crippen molar-refractivity contribution in [3.05, 3.63) is 35.0 Å². The van der Waals surface area contributed by atoms with Gasteiger partial charge in [-0.05, 0) is 44.0 Å². The normalized spacial score (nSPS) is 11.5. The Bertz CT molecular complexity index is 696. The van der Waals surface area contributed by atoms with Gasteiger partial charge in [0.05, 0.1) is 11.1 Å². The molecule has 2 rings (SSSR count). The highest BCUT2D eigenvalue weighted by atomic mass is 32.2. The summed E-state index contributed by atoms with van der Waals surface area (Å²) in [5.74, 6) is 0.358. The van der Waals surface area contributed by atoms with Crippen LogP contribution in [0.2, 0.25) is 0 Å². The van der Waals surface area contributed by atoms with Gasteiger partial charge < -0.3 is 5.73 Å². The standard InChI is InChI=1S/C12H16N4O2S/c1-7-4-10(5-11(13)9(7)3)19(17,18)16-12-8(2)6-14-15-12/h4-6H,13H2,1-3H3,(H2,14,15,16). The summed E-state index contributed by atoms with van der Waals surface area (Å²) in [4.78, 5) is 0.141. The van der Waals surface area contributed by atoms with Crippen LogP contribution in [0, 0.1) is 20.8 Å². The number of hydrogen-bond acceptors (Lipinski definition) is 4. The molecule has 7 heteroatoms. The smallest absolute Gasteiger partial charge is 0.263 e. The molecule has 0 saturated carbocycles. The van der Waals surface area contributed by atoms with E-state index in [-0.39, 0.29) is 4.90 Å². The molecule has 1 heterocycles. The van der Waals surface area contributed by atoms with E-state index >= 15 is 0 Å². The number of H-pyrrole nitrogens is 1. The summed E-state index contributed by atoms with van der Waals surface area (Å²) in [6.07, 6.45) is 1.55. The first-order valence-corrected chi connectivity index (χ1v) is 7.19. The second kappa shape index (κ2) is 4.58. The second-order valence-electron chi connectivity index (χ2n) is 4.49. The van der Waals surface area contributed by atoms with Crippen molar-refractivity contribution in [2.24, 2.45) is 0 Å². The van der Waals surface area contributed by atoms with E-state index in [2.05, 4.69) is 14.9 Å². The molecule has 0 radical (unpaired) electrons. The van der Waals surface area contributed by atoms with Gasteiger partial charge in [0.2, 0.25) is 0 Å². The lowest BCUT2D eigenvalue weighted by Crippen LogP contribution is -2.15. The average Bonchev–Trinajstić information content (AvgIpc) is 2.70. The van der Waals surface area contributed by atoms with Gasteiger partial charge in [0, 0.05) is 11.3 Å². The summed E-state index contributed by atoms with van der Waals surface area (Å²) in [7, 11) is -3.67. The first kappa shape index (κ1) is 13.4. The molecule has 0 amide bonds. The Labute approximate surface area is 112 Å². The van der Waals surface area contributed by atoms with Crippen molar-refractivity contribution < 1.29 is 8.42 Å². The number of aryl methyl sites for hydroxylation is 2. The van der Waals surface area contributed by atoms with Crippen LogP contribution in [0.4, 0.5) is 11.5 Å². The van der Waals surface area contributed by atoms with Gasteiger partial charge in [-0.15, -0.1) is 0 Å². The number of sulfonamides is 1. The quantitative estimate of drug-likeness (QED) is 0.745. The molecule has 0 aliphatic carbocycles. The van der Waals surface area contributed by atoms with Gasteiger partial charge >= 0.3 is 0 Å². The maximum Gasteiger partial charge on any atom is 0.263 e. The summed E-state index contributed by atoms with van der Waals surface area (Å²) in [6.45, 7) is 5.44. The Balaban J connectivity index is 2.43. The predicted octanol–water partition coefficient (Wildman–Crippen LogP) is 1.72. The number of hydrogen-bond donors (Lipinski definition) is 3. The van der Waals surface area contributed by atoms with Crippen LogP contribution in [0.5, 0.6) is 0 Å². The molecule has 0 spiro atoms. The van der Waals surface area contributed by atoms with Crippen LogP contribution in [0.3, 0.4) is 0 Å². The molecule has 0 aliphatic rings. The van der Waals surface area contributed by atoms with Gasteiger partial charge in [0.15, 0.2) is 0 Å². The lowest BCUT2D eigenvalue weighted by molar-refractivity contribution is 0.601. The van der Waals surface area contributed by atoms with Crippen molar-refractivity contribution in [3.8, 4) is 0 Å². The van der Waals surface area contributed by atoms with E-state index in [0.717, 1.165) is 16.7 Å². The minimum absolute atomic E-state index is 0.141. The summed E-state index contributed by atoms with van der Waals surface area (Å²) in [5.41, 5.74) is 8.71. The number of benzene rings is 1. The molecule has 0 atom stereocenters. The van der Waals surface area contributed by atoms with E-state index in [1.54, 1.807) is 19.2 Å². The molecule has 0 aliphatic heterocycles. The van der Waals surface area contributed by atoms with Gasteiger partial charge in [-0.1, -0.05) is 0 Å². The fourth-order valence-electron chi connectivity index (χ4n) is 1.65. The van der Waals surface area contributed by atoms with E-state index in [4.69, 9.17) is 5.73 Å². The first-order valence-electron chi connectivity index (χ1n) is 5.71. The maximum atomic E-state index is 12.3. The predicted molar refractivity (Wildman–Crippen MR) is 74.5 cm³/mol. The van der Waals surface area contributed by atoms with Gasteiger partial charge in [-0.2, -0.15) is 5.10 Å². The van der Waals surface area contributed by atoms with E-state index < -0.39 is 10.0 Å². The molecule has 1 aromatic carbocycles. The summed E-state index contributed by atoms with van der Waals surface area (Å²) in [6, 6.07) is 3.05. The number of nitrogens with zero attached hydrogens (tertiary/aromatic N) is 1. The van der Waals surface area contributed by atoms with E-state index in [1.807, 2.05) is 13.8 Å². The van der Waals surface area contributed by atoms with Crippen LogP contribution in [-0.4, -0.2) is 18.6 Å². The molecule has 0 bridgehead atoms. The molecule has 19 heavy (non-hydrogen) atoms. The number of nitrogen functional groups attached to an aromatic ring is 1. The highest BCUT2D eigenvalue weighted by molar-refractivity contribution is 7.92. The van der Waals surface area contributed by atoms with Crippen LogP contribution in [0.1, 0.15) is 16.7 Å². The van der Waals surface area contributed by atoms with Gasteiger partial charge in [-0.3, -0.25) is 9.82 Å². The Morgan fingerprint density at radius 3 is 2.42 bits per heavy atom. The number of rotatable bonds is 3. The van der Waals surface area contributed by atoms with Gasteiger partial charge in [0.25, 0.3) is 10.0 Å². The van der Waals surface area contributed by atoms with Crippen LogP contribution in [-0.2, 0) is 10.0 Å². The molecule has 4 N–H and O–H groups in total. The highest BCUT2D eigenvalue weighted by Gasteiger charge is 2.18. The van der Waals surface area contributed by atoms with Crippen molar-refractivity contribution in [2.45, 2.75) is 25.7 Å². The zero-order chi connectivity index (χ0) is 14.2. The van der Waals surface area contributed by atoms with Crippen molar-refractivity contribution >= 4 is 21.5 Å². The minimum atomic E-state index is -3.67. The molecule has 0 fully saturated rings. The topological polar surface area (TPSA) is 101 Å².